The van der Waals surface area contributed by atoms with Crippen molar-refractivity contribution >= 4 is 22.9 Å². The molecule has 0 spiro atoms. The van der Waals surface area contributed by atoms with Crippen molar-refractivity contribution in [3.8, 4) is 5.75 Å². The molecule has 2 aromatic carbocycles. The highest BCUT2D eigenvalue weighted by Crippen LogP contribution is 2.12. The lowest BCUT2D eigenvalue weighted by Crippen LogP contribution is -2.12. The predicted molar refractivity (Wildman–Crippen MR) is 87.5 cm³/mol. The van der Waals surface area contributed by atoms with E-state index < -0.39 is 0 Å². The lowest BCUT2D eigenvalue weighted by Gasteiger charge is -2.09. The molecule has 0 saturated heterocycles. The van der Waals surface area contributed by atoms with Crippen LogP contribution >= 0.6 is 12.2 Å². The number of nitrogens with one attached hydrogen (secondary N) is 1. The van der Waals surface area contributed by atoms with Crippen LogP contribution in [-0.2, 0) is 0 Å². The highest BCUT2D eigenvalue weighted by Gasteiger charge is 1.97. The van der Waals surface area contributed by atoms with Crippen molar-refractivity contribution in [2.45, 2.75) is 6.92 Å². The van der Waals surface area contributed by atoms with Crippen molar-refractivity contribution in [1.29, 1.82) is 0 Å². The molecule has 0 saturated carbocycles. The smallest absolute Gasteiger partial charge is 0.119 e. The van der Waals surface area contributed by atoms with Crippen LogP contribution in [0.15, 0.2) is 48.5 Å². The van der Waals surface area contributed by atoms with E-state index in [-0.39, 0.29) is 0 Å². The van der Waals surface area contributed by atoms with Crippen LogP contribution in [0.4, 0.5) is 5.69 Å². The Morgan fingerprint density at radius 3 is 2.60 bits per heavy atom. The van der Waals surface area contributed by atoms with E-state index in [4.69, 9.17) is 22.7 Å². The predicted octanol–water partition coefficient (Wildman–Crippen LogP) is 3.12. The molecule has 0 bridgehead atoms. The van der Waals surface area contributed by atoms with Crippen molar-refractivity contribution < 1.29 is 4.74 Å². The van der Waals surface area contributed by atoms with E-state index in [0.29, 0.717) is 11.6 Å². The molecule has 3 nitrogen and oxygen atoms in total. The summed E-state index contributed by atoms with van der Waals surface area (Å²) in [6, 6.07) is 15.8. The third kappa shape index (κ3) is 4.24. The van der Waals surface area contributed by atoms with E-state index in [1.807, 2.05) is 42.5 Å². The second-order valence-electron chi connectivity index (χ2n) is 4.53. The number of anilines is 1. The van der Waals surface area contributed by atoms with Gasteiger partial charge in [-0.1, -0.05) is 24.4 Å². The van der Waals surface area contributed by atoms with Gasteiger partial charge in [0.15, 0.2) is 0 Å². The SMILES string of the molecule is Cc1cccc(OCCNc2ccc(C(N)=S)cc2)c1. The highest BCUT2D eigenvalue weighted by atomic mass is 32.1. The van der Waals surface area contributed by atoms with Gasteiger partial charge in [0.2, 0.25) is 0 Å². The average molecular weight is 286 g/mol. The van der Waals surface area contributed by atoms with Crippen LogP contribution in [0.2, 0.25) is 0 Å². The molecule has 0 aliphatic carbocycles. The van der Waals surface area contributed by atoms with E-state index >= 15 is 0 Å². The van der Waals surface area contributed by atoms with Crippen molar-refractivity contribution in [3.63, 3.8) is 0 Å². The van der Waals surface area contributed by atoms with Crippen molar-refractivity contribution in [1.82, 2.24) is 0 Å². The zero-order chi connectivity index (χ0) is 14.4. The van der Waals surface area contributed by atoms with Gasteiger partial charge in [0.05, 0.1) is 0 Å². The van der Waals surface area contributed by atoms with Crippen LogP contribution in [0.3, 0.4) is 0 Å². The molecule has 3 N–H and O–H groups in total. The number of hydrogen-bond donors (Lipinski definition) is 2. The Kier molecular flexibility index (Phi) is 4.96. The summed E-state index contributed by atoms with van der Waals surface area (Å²) < 4.78 is 5.67. The first-order valence-electron chi connectivity index (χ1n) is 6.48. The summed E-state index contributed by atoms with van der Waals surface area (Å²) in [5.74, 6) is 0.899. The summed E-state index contributed by atoms with van der Waals surface area (Å²) in [4.78, 5) is 0.416. The van der Waals surface area contributed by atoms with Gasteiger partial charge in [-0.3, -0.25) is 0 Å². The molecule has 0 aliphatic rings. The van der Waals surface area contributed by atoms with E-state index in [9.17, 15) is 0 Å². The second kappa shape index (κ2) is 6.91. The van der Waals surface area contributed by atoms with Crippen LogP contribution in [-0.4, -0.2) is 18.1 Å². The zero-order valence-electron chi connectivity index (χ0n) is 11.4. The molecular formula is C16H18N2OS. The fourth-order valence-corrected chi connectivity index (χ4v) is 1.96. The minimum absolute atomic E-state index is 0.416. The minimum Gasteiger partial charge on any atom is -0.492 e. The summed E-state index contributed by atoms with van der Waals surface area (Å²) in [5.41, 5.74) is 8.65. The van der Waals surface area contributed by atoms with Crippen molar-refractivity contribution in [3.05, 3.63) is 59.7 Å². The molecule has 0 heterocycles. The van der Waals surface area contributed by atoms with E-state index in [0.717, 1.165) is 23.5 Å². The van der Waals surface area contributed by atoms with E-state index in [2.05, 4.69) is 18.3 Å². The van der Waals surface area contributed by atoms with Crippen molar-refractivity contribution in [2.75, 3.05) is 18.5 Å². The molecule has 0 radical (unpaired) electrons. The molecule has 0 unspecified atom stereocenters. The van der Waals surface area contributed by atoms with Crippen LogP contribution in [0.25, 0.3) is 0 Å². The molecule has 0 fully saturated rings. The van der Waals surface area contributed by atoms with Gasteiger partial charge in [0.25, 0.3) is 0 Å². The molecule has 104 valence electrons. The Hall–Kier alpha value is -2.07. The number of hydrogen-bond acceptors (Lipinski definition) is 3. The van der Waals surface area contributed by atoms with Crippen LogP contribution in [0.5, 0.6) is 5.75 Å². The number of nitrogens with two attached hydrogens (primary N) is 1. The molecule has 0 amide bonds. The first-order chi connectivity index (χ1) is 9.65. The van der Waals surface area contributed by atoms with Crippen molar-refractivity contribution in [2.24, 2.45) is 5.73 Å². The van der Waals surface area contributed by atoms with Gasteiger partial charge in [-0.15, -0.1) is 0 Å². The van der Waals surface area contributed by atoms with Crippen LogP contribution in [0.1, 0.15) is 11.1 Å². The molecular weight excluding hydrogens is 268 g/mol. The topological polar surface area (TPSA) is 47.3 Å². The van der Waals surface area contributed by atoms with Gasteiger partial charge in [0, 0.05) is 17.8 Å². The minimum atomic E-state index is 0.416. The standard InChI is InChI=1S/C16H18N2OS/c1-12-3-2-4-15(11-12)19-10-9-18-14-7-5-13(6-8-14)16(17)20/h2-8,11,18H,9-10H2,1H3,(H2,17,20). The van der Waals surface area contributed by atoms with Gasteiger partial charge < -0.3 is 15.8 Å². The summed E-state index contributed by atoms with van der Waals surface area (Å²) >= 11 is 4.91. The Bertz CT molecular complexity index is 581. The van der Waals surface area contributed by atoms with Gasteiger partial charge in [-0.2, -0.15) is 0 Å². The molecule has 4 heteroatoms. The first kappa shape index (κ1) is 14.3. The number of benzene rings is 2. The fourth-order valence-electron chi connectivity index (χ4n) is 1.82. The van der Waals surface area contributed by atoms with Crippen LogP contribution in [0, 0.1) is 6.92 Å². The summed E-state index contributed by atoms with van der Waals surface area (Å²) in [7, 11) is 0. The van der Waals surface area contributed by atoms with Gasteiger partial charge in [-0.25, -0.2) is 0 Å². The summed E-state index contributed by atoms with van der Waals surface area (Å²) in [6.07, 6.45) is 0. The average Bonchev–Trinajstić information content (AvgIpc) is 2.44. The molecule has 0 aliphatic heterocycles. The Labute approximate surface area is 124 Å². The van der Waals surface area contributed by atoms with E-state index in [1.165, 1.54) is 5.56 Å². The summed E-state index contributed by atoms with van der Waals surface area (Å²) in [5, 5.41) is 3.29. The quantitative estimate of drug-likeness (QED) is 0.633. The highest BCUT2D eigenvalue weighted by molar-refractivity contribution is 7.80. The van der Waals surface area contributed by atoms with Gasteiger partial charge in [0.1, 0.15) is 17.3 Å². The van der Waals surface area contributed by atoms with Crippen LogP contribution < -0.4 is 15.8 Å². The molecule has 20 heavy (non-hydrogen) atoms. The molecule has 2 rings (SSSR count). The maximum Gasteiger partial charge on any atom is 0.119 e. The molecule has 2 aromatic rings. The van der Waals surface area contributed by atoms with Gasteiger partial charge in [-0.05, 0) is 48.9 Å². The second-order valence-corrected chi connectivity index (χ2v) is 4.97. The zero-order valence-corrected chi connectivity index (χ0v) is 12.2. The molecule has 0 atom stereocenters. The Morgan fingerprint density at radius 1 is 1.20 bits per heavy atom. The fraction of sp³-hybridized carbons (Fsp3) is 0.188. The third-order valence-corrected chi connectivity index (χ3v) is 3.09. The largest absolute Gasteiger partial charge is 0.492 e. The summed E-state index contributed by atoms with van der Waals surface area (Å²) in [6.45, 7) is 3.40. The maximum atomic E-state index is 5.67. The Balaban J connectivity index is 1.77. The lowest BCUT2D eigenvalue weighted by molar-refractivity contribution is 0.332. The normalized spacial score (nSPS) is 10.1. The number of ether oxygens (including phenoxy) is 1. The number of rotatable bonds is 6. The third-order valence-electron chi connectivity index (χ3n) is 2.86. The number of thiocarbonyl (C=S) groups is 1. The Morgan fingerprint density at radius 2 is 1.95 bits per heavy atom. The maximum absolute atomic E-state index is 5.67. The first-order valence-corrected chi connectivity index (χ1v) is 6.89. The lowest BCUT2D eigenvalue weighted by atomic mass is 10.2. The van der Waals surface area contributed by atoms with Gasteiger partial charge >= 0.3 is 0 Å². The monoisotopic (exact) mass is 286 g/mol. The number of aryl methyl sites for hydroxylation is 1. The van der Waals surface area contributed by atoms with E-state index in [1.54, 1.807) is 0 Å². The molecule has 0 aromatic heterocycles.